The Labute approximate surface area is 168 Å². The molecule has 0 bridgehead atoms. The molecular formula is C24H14BF2N2. The van der Waals surface area contributed by atoms with E-state index in [2.05, 4.69) is 9.97 Å². The summed E-state index contributed by atoms with van der Waals surface area (Å²) in [7, 11) is 0. The van der Waals surface area contributed by atoms with Gasteiger partial charge in [0, 0.05) is 42.7 Å². The minimum atomic E-state index is -0.260. The summed E-state index contributed by atoms with van der Waals surface area (Å²) in [6, 6.07) is 20.8. The van der Waals surface area contributed by atoms with Gasteiger partial charge in [0.25, 0.3) is 0 Å². The van der Waals surface area contributed by atoms with E-state index in [1.54, 1.807) is 36.7 Å². The van der Waals surface area contributed by atoms with E-state index in [1.807, 2.05) is 24.3 Å². The third kappa shape index (κ3) is 3.47. The first-order valence-electron chi connectivity index (χ1n) is 8.88. The average molecular weight is 379 g/mol. The molecule has 0 amide bonds. The molecule has 2 aromatic heterocycles. The van der Waals surface area contributed by atoms with Crippen LogP contribution in [0.25, 0.3) is 44.1 Å². The molecule has 0 saturated carbocycles. The molecular weight excluding hydrogens is 365 g/mol. The van der Waals surface area contributed by atoms with Crippen molar-refractivity contribution in [2.45, 2.75) is 0 Å². The van der Waals surface area contributed by atoms with Gasteiger partial charge in [0.15, 0.2) is 0 Å². The van der Waals surface area contributed by atoms with Gasteiger partial charge in [-0.05, 0) is 47.5 Å². The van der Waals surface area contributed by atoms with E-state index in [1.165, 1.54) is 24.3 Å². The van der Waals surface area contributed by atoms with Crippen molar-refractivity contribution in [2.24, 2.45) is 0 Å². The molecule has 0 unspecified atom stereocenters. The van der Waals surface area contributed by atoms with Crippen LogP contribution in [-0.2, 0) is 0 Å². The van der Waals surface area contributed by atoms with E-state index in [9.17, 15) is 8.78 Å². The van der Waals surface area contributed by atoms with Crippen LogP contribution < -0.4 is 0 Å². The van der Waals surface area contributed by atoms with Gasteiger partial charge in [0.2, 0.25) is 0 Å². The molecule has 0 aliphatic rings. The Balaban J connectivity index is 0.00000205. The van der Waals surface area contributed by atoms with E-state index in [0.717, 1.165) is 44.1 Å². The molecule has 137 valence electrons. The molecule has 0 fully saturated rings. The zero-order chi connectivity index (χ0) is 19.1. The molecule has 5 rings (SSSR count). The predicted octanol–water partition coefficient (Wildman–Crippen LogP) is 6.01. The summed E-state index contributed by atoms with van der Waals surface area (Å²) in [5.41, 5.74) is 5.30. The minimum Gasteiger partial charge on any atom is -0.253 e. The molecule has 0 atom stereocenters. The highest BCUT2D eigenvalue weighted by atomic mass is 19.1. The second-order valence-corrected chi connectivity index (χ2v) is 6.67. The van der Waals surface area contributed by atoms with Crippen LogP contribution in [0, 0.1) is 11.6 Å². The lowest BCUT2D eigenvalue weighted by atomic mass is 10.0. The second kappa shape index (κ2) is 7.43. The van der Waals surface area contributed by atoms with Crippen LogP contribution in [0.1, 0.15) is 0 Å². The topological polar surface area (TPSA) is 25.8 Å². The molecule has 0 spiro atoms. The van der Waals surface area contributed by atoms with Gasteiger partial charge in [-0.3, -0.25) is 9.97 Å². The Bertz CT molecular complexity index is 1210. The summed E-state index contributed by atoms with van der Waals surface area (Å²) in [4.78, 5) is 9.23. The zero-order valence-electron chi connectivity index (χ0n) is 15.3. The highest BCUT2D eigenvalue weighted by Gasteiger charge is 2.08. The van der Waals surface area contributed by atoms with Crippen molar-refractivity contribution in [3.05, 3.63) is 96.8 Å². The van der Waals surface area contributed by atoms with E-state index in [-0.39, 0.29) is 20.0 Å². The quantitative estimate of drug-likeness (QED) is 0.277. The summed E-state index contributed by atoms with van der Waals surface area (Å²) in [5.74, 6) is -0.519. The Hall–Kier alpha value is -3.60. The second-order valence-electron chi connectivity index (χ2n) is 6.67. The molecule has 29 heavy (non-hydrogen) atoms. The first-order valence-corrected chi connectivity index (χ1v) is 8.88. The molecule has 5 aromatic rings. The van der Waals surface area contributed by atoms with Crippen molar-refractivity contribution in [1.29, 1.82) is 0 Å². The summed E-state index contributed by atoms with van der Waals surface area (Å²) in [5, 5.41) is 1.94. The fourth-order valence-electron chi connectivity index (χ4n) is 3.39. The Kier molecular flexibility index (Phi) is 4.81. The fraction of sp³-hybridized carbons (Fsp3) is 0. The van der Waals surface area contributed by atoms with Gasteiger partial charge in [-0.25, -0.2) is 8.78 Å². The van der Waals surface area contributed by atoms with Crippen LogP contribution in [0.3, 0.4) is 0 Å². The maximum Gasteiger partial charge on any atom is 0.123 e. The SMILES string of the molecule is Fc1ccc(-c2cnc3c(ccc4cc(-c5ccc(F)cc5)cnc43)c2)cc1.[B]. The van der Waals surface area contributed by atoms with Crippen molar-refractivity contribution in [3.63, 3.8) is 0 Å². The number of rotatable bonds is 2. The number of fused-ring (bicyclic) bond motifs is 3. The van der Waals surface area contributed by atoms with Gasteiger partial charge in [-0.15, -0.1) is 0 Å². The van der Waals surface area contributed by atoms with Gasteiger partial charge in [-0.1, -0.05) is 36.4 Å². The number of pyridine rings is 2. The number of hydrogen-bond acceptors (Lipinski definition) is 2. The van der Waals surface area contributed by atoms with Crippen molar-refractivity contribution in [3.8, 4) is 22.3 Å². The van der Waals surface area contributed by atoms with Gasteiger partial charge in [0.1, 0.15) is 11.6 Å². The molecule has 0 aliphatic carbocycles. The van der Waals surface area contributed by atoms with Gasteiger partial charge < -0.3 is 0 Å². The molecule has 0 saturated heterocycles. The molecule has 0 aliphatic heterocycles. The zero-order valence-corrected chi connectivity index (χ0v) is 15.3. The predicted molar refractivity (Wildman–Crippen MR) is 114 cm³/mol. The molecule has 3 radical (unpaired) electrons. The van der Waals surface area contributed by atoms with E-state index >= 15 is 0 Å². The maximum atomic E-state index is 13.2. The summed E-state index contributed by atoms with van der Waals surface area (Å²) < 4.78 is 26.3. The van der Waals surface area contributed by atoms with Gasteiger partial charge in [0.05, 0.1) is 11.0 Å². The Morgan fingerprint density at radius 2 is 0.862 bits per heavy atom. The lowest BCUT2D eigenvalue weighted by Crippen LogP contribution is -1.89. The van der Waals surface area contributed by atoms with Crippen LogP contribution in [0.5, 0.6) is 0 Å². The normalized spacial score (nSPS) is 10.8. The highest BCUT2D eigenvalue weighted by Crippen LogP contribution is 2.29. The largest absolute Gasteiger partial charge is 0.253 e. The smallest absolute Gasteiger partial charge is 0.123 e. The first kappa shape index (κ1) is 18.8. The number of hydrogen-bond donors (Lipinski definition) is 0. The summed E-state index contributed by atoms with van der Waals surface area (Å²) in [6.07, 6.45) is 3.56. The van der Waals surface area contributed by atoms with E-state index in [0.29, 0.717) is 0 Å². The highest BCUT2D eigenvalue weighted by molar-refractivity contribution is 6.04. The third-order valence-electron chi connectivity index (χ3n) is 4.86. The molecule has 5 heteroatoms. The fourth-order valence-corrected chi connectivity index (χ4v) is 3.39. The number of nitrogens with zero attached hydrogens (tertiary/aromatic N) is 2. The molecule has 2 nitrogen and oxygen atoms in total. The van der Waals surface area contributed by atoms with Gasteiger partial charge >= 0.3 is 0 Å². The lowest BCUT2D eigenvalue weighted by molar-refractivity contribution is 0.627. The number of halogens is 2. The third-order valence-corrected chi connectivity index (χ3v) is 4.86. The monoisotopic (exact) mass is 379 g/mol. The Morgan fingerprint density at radius 1 is 0.483 bits per heavy atom. The maximum absolute atomic E-state index is 13.2. The Morgan fingerprint density at radius 3 is 1.24 bits per heavy atom. The van der Waals surface area contributed by atoms with Crippen molar-refractivity contribution < 1.29 is 8.78 Å². The van der Waals surface area contributed by atoms with Gasteiger partial charge in [-0.2, -0.15) is 0 Å². The first-order chi connectivity index (χ1) is 13.7. The van der Waals surface area contributed by atoms with Crippen molar-refractivity contribution >= 4 is 30.2 Å². The molecule has 2 heterocycles. The summed E-state index contributed by atoms with van der Waals surface area (Å²) >= 11 is 0. The van der Waals surface area contributed by atoms with E-state index in [4.69, 9.17) is 0 Å². The van der Waals surface area contributed by atoms with Crippen LogP contribution in [0.4, 0.5) is 8.78 Å². The number of benzene rings is 3. The average Bonchev–Trinajstić information content (AvgIpc) is 2.74. The van der Waals surface area contributed by atoms with Crippen LogP contribution in [0.2, 0.25) is 0 Å². The number of aromatic nitrogens is 2. The summed E-state index contributed by atoms with van der Waals surface area (Å²) in [6.45, 7) is 0. The van der Waals surface area contributed by atoms with Crippen LogP contribution in [-0.4, -0.2) is 18.4 Å². The molecule has 0 N–H and O–H groups in total. The van der Waals surface area contributed by atoms with Crippen LogP contribution in [0.15, 0.2) is 85.2 Å². The van der Waals surface area contributed by atoms with E-state index < -0.39 is 0 Å². The minimum absolute atomic E-state index is 0. The lowest BCUT2D eigenvalue weighted by Gasteiger charge is -2.08. The van der Waals surface area contributed by atoms with Crippen LogP contribution >= 0.6 is 0 Å². The molecule has 3 aromatic carbocycles. The van der Waals surface area contributed by atoms with Crippen molar-refractivity contribution in [2.75, 3.05) is 0 Å². The standard InChI is InChI=1S/C24H14F2N2.B/c25-21-7-3-15(4-8-21)19-11-17-1-2-18-12-20(16-5-9-22(26)10-6-16)14-28-24(18)23(17)27-13-19;/h1-14H;. The van der Waals surface area contributed by atoms with Crippen molar-refractivity contribution in [1.82, 2.24) is 9.97 Å².